The summed E-state index contributed by atoms with van der Waals surface area (Å²) in [5.41, 5.74) is 1.67. The smallest absolute Gasteiger partial charge is 0.251 e. The molecule has 2 aliphatic carbocycles. The fraction of sp³-hybridized carbons (Fsp3) is 0.529. The first-order valence-corrected chi connectivity index (χ1v) is 7.93. The molecular formula is C17H21N3O. The van der Waals surface area contributed by atoms with Gasteiger partial charge in [0.25, 0.3) is 5.91 Å². The molecule has 2 bridgehead atoms. The number of amides is 1. The Balaban J connectivity index is 1.47. The Kier molecular flexibility index (Phi) is 2.98. The van der Waals surface area contributed by atoms with Gasteiger partial charge in [-0.05, 0) is 56.1 Å². The van der Waals surface area contributed by atoms with Crippen LogP contribution in [0.5, 0.6) is 0 Å². The minimum atomic E-state index is 0.0361. The van der Waals surface area contributed by atoms with E-state index >= 15 is 0 Å². The Morgan fingerprint density at radius 3 is 3.10 bits per heavy atom. The highest BCUT2D eigenvalue weighted by Crippen LogP contribution is 2.49. The number of pyridine rings is 1. The van der Waals surface area contributed by atoms with E-state index in [2.05, 4.69) is 17.2 Å². The van der Waals surface area contributed by atoms with Gasteiger partial charge in [0.05, 0.1) is 18.0 Å². The lowest BCUT2D eigenvalue weighted by Gasteiger charge is -2.28. The first-order chi connectivity index (χ1) is 10.2. The summed E-state index contributed by atoms with van der Waals surface area (Å²) in [6, 6.07) is 4.03. The molecule has 110 valence electrons. The second kappa shape index (κ2) is 4.86. The van der Waals surface area contributed by atoms with Gasteiger partial charge in [0.1, 0.15) is 0 Å². The maximum Gasteiger partial charge on any atom is 0.251 e. The summed E-state index contributed by atoms with van der Waals surface area (Å²) in [6.45, 7) is 2.17. The van der Waals surface area contributed by atoms with E-state index in [0.717, 1.165) is 22.9 Å². The minimum Gasteiger partial charge on any atom is -0.349 e. The van der Waals surface area contributed by atoms with Gasteiger partial charge >= 0.3 is 0 Å². The molecule has 0 saturated heterocycles. The van der Waals surface area contributed by atoms with Gasteiger partial charge in [0.15, 0.2) is 0 Å². The molecule has 0 radical (unpaired) electrons. The fourth-order valence-corrected chi connectivity index (χ4v) is 4.36. The average Bonchev–Trinajstić information content (AvgIpc) is 3.21. The SMILES string of the molecule is CC(NC(=O)c1ccn2cncc2c1)C1CC2CCC1C2. The Labute approximate surface area is 124 Å². The standard InChI is InChI=1S/C17H21N3O/c1-11(16-7-12-2-3-13(16)6-12)19-17(21)14-4-5-20-10-18-9-15(20)8-14/h4-5,8-13,16H,2-3,6-7H2,1H3,(H,19,21). The summed E-state index contributed by atoms with van der Waals surface area (Å²) in [5.74, 6) is 2.46. The normalized spacial score (nSPS) is 28.9. The third-order valence-electron chi connectivity index (χ3n) is 5.47. The molecule has 4 heteroatoms. The summed E-state index contributed by atoms with van der Waals surface area (Å²) in [7, 11) is 0. The maximum atomic E-state index is 12.4. The van der Waals surface area contributed by atoms with Gasteiger partial charge in [-0.25, -0.2) is 4.98 Å². The minimum absolute atomic E-state index is 0.0361. The van der Waals surface area contributed by atoms with Crippen molar-refractivity contribution in [2.75, 3.05) is 0 Å². The van der Waals surface area contributed by atoms with Gasteiger partial charge in [-0.1, -0.05) is 6.42 Å². The lowest BCUT2D eigenvalue weighted by molar-refractivity contribution is 0.0915. The van der Waals surface area contributed by atoms with Crippen LogP contribution in [0.1, 0.15) is 43.0 Å². The zero-order valence-electron chi connectivity index (χ0n) is 12.3. The number of nitrogens with one attached hydrogen (secondary N) is 1. The Morgan fingerprint density at radius 1 is 1.43 bits per heavy atom. The van der Waals surface area contributed by atoms with Crippen LogP contribution in [0.2, 0.25) is 0 Å². The van der Waals surface area contributed by atoms with E-state index < -0.39 is 0 Å². The van der Waals surface area contributed by atoms with Gasteiger partial charge in [-0.15, -0.1) is 0 Å². The number of hydrogen-bond donors (Lipinski definition) is 1. The molecule has 4 rings (SSSR count). The molecule has 4 atom stereocenters. The van der Waals surface area contributed by atoms with E-state index in [1.165, 1.54) is 25.7 Å². The molecule has 2 heterocycles. The zero-order valence-corrected chi connectivity index (χ0v) is 12.3. The second-order valence-electron chi connectivity index (χ2n) is 6.74. The molecule has 2 saturated carbocycles. The molecule has 1 amide bonds. The molecule has 21 heavy (non-hydrogen) atoms. The fourth-order valence-electron chi connectivity index (χ4n) is 4.36. The summed E-state index contributed by atoms with van der Waals surface area (Å²) < 4.78 is 1.91. The Hall–Kier alpha value is -1.84. The van der Waals surface area contributed by atoms with Crippen molar-refractivity contribution < 1.29 is 4.79 Å². The van der Waals surface area contributed by atoms with Gasteiger partial charge in [0, 0.05) is 17.8 Å². The van der Waals surface area contributed by atoms with Gasteiger partial charge in [0.2, 0.25) is 0 Å². The molecule has 0 aliphatic heterocycles. The first-order valence-electron chi connectivity index (χ1n) is 7.93. The van der Waals surface area contributed by atoms with Crippen molar-refractivity contribution in [2.24, 2.45) is 17.8 Å². The number of aromatic nitrogens is 2. The van der Waals surface area contributed by atoms with Crippen molar-refractivity contribution in [1.82, 2.24) is 14.7 Å². The van der Waals surface area contributed by atoms with E-state index in [4.69, 9.17) is 0 Å². The monoisotopic (exact) mass is 283 g/mol. The third-order valence-corrected chi connectivity index (χ3v) is 5.47. The number of rotatable bonds is 3. The van der Waals surface area contributed by atoms with Crippen LogP contribution < -0.4 is 5.32 Å². The lowest BCUT2D eigenvalue weighted by atomic mass is 9.84. The van der Waals surface area contributed by atoms with Crippen molar-refractivity contribution in [3.63, 3.8) is 0 Å². The van der Waals surface area contributed by atoms with Crippen LogP contribution in [-0.4, -0.2) is 21.3 Å². The average molecular weight is 283 g/mol. The highest BCUT2D eigenvalue weighted by Gasteiger charge is 2.42. The van der Waals surface area contributed by atoms with Crippen LogP contribution in [0.15, 0.2) is 30.9 Å². The summed E-state index contributed by atoms with van der Waals surface area (Å²) >= 11 is 0. The molecule has 4 unspecified atom stereocenters. The number of hydrogen-bond acceptors (Lipinski definition) is 2. The van der Waals surface area contributed by atoms with E-state index in [9.17, 15) is 4.79 Å². The molecule has 2 aromatic heterocycles. The van der Waals surface area contributed by atoms with Crippen LogP contribution >= 0.6 is 0 Å². The highest BCUT2D eigenvalue weighted by molar-refractivity contribution is 5.95. The number of fused-ring (bicyclic) bond motifs is 3. The first kappa shape index (κ1) is 12.9. The summed E-state index contributed by atoms with van der Waals surface area (Å²) in [6.07, 6.45) is 10.8. The highest BCUT2D eigenvalue weighted by atomic mass is 16.1. The molecule has 2 aliphatic rings. The number of imidazole rings is 1. The molecule has 0 spiro atoms. The summed E-state index contributed by atoms with van der Waals surface area (Å²) in [4.78, 5) is 16.5. The second-order valence-corrected chi connectivity index (χ2v) is 6.74. The van der Waals surface area contributed by atoms with E-state index in [-0.39, 0.29) is 11.9 Å². The van der Waals surface area contributed by atoms with Crippen molar-refractivity contribution in [3.05, 3.63) is 36.4 Å². The number of carbonyl (C=O) groups excluding carboxylic acids is 1. The van der Waals surface area contributed by atoms with Crippen LogP contribution in [0.25, 0.3) is 5.52 Å². The predicted molar refractivity (Wildman–Crippen MR) is 81.1 cm³/mol. The largest absolute Gasteiger partial charge is 0.349 e. The van der Waals surface area contributed by atoms with E-state index in [1.807, 2.05) is 22.7 Å². The van der Waals surface area contributed by atoms with Crippen LogP contribution in [0, 0.1) is 17.8 Å². The van der Waals surface area contributed by atoms with Crippen LogP contribution in [-0.2, 0) is 0 Å². The van der Waals surface area contributed by atoms with Gasteiger partial charge in [-0.3, -0.25) is 4.79 Å². The molecule has 2 fully saturated rings. The van der Waals surface area contributed by atoms with E-state index in [0.29, 0.717) is 5.92 Å². The van der Waals surface area contributed by atoms with Crippen molar-refractivity contribution >= 4 is 11.4 Å². The number of nitrogens with zero attached hydrogens (tertiary/aromatic N) is 2. The van der Waals surface area contributed by atoms with Gasteiger partial charge < -0.3 is 9.72 Å². The predicted octanol–water partition coefficient (Wildman–Crippen LogP) is 2.89. The topological polar surface area (TPSA) is 46.4 Å². The molecular weight excluding hydrogens is 262 g/mol. The number of carbonyl (C=O) groups is 1. The van der Waals surface area contributed by atoms with Crippen molar-refractivity contribution in [2.45, 2.75) is 38.6 Å². The molecule has 1 N–H and O–H groups in total. The lowest BCUT2D eigenvalue weighted by Crippen LogP contribution is -2.40. The molecule has 0 aromatic carbocycles. The van der Waals surface area contributed by atoms with E-state index in [1.54, 1.807) is 12.5 Å². The van der Waals surface area contributed by atoms with Gasteiger partial charge in [-0.2, -0.15) is 0 Å². The van der Waals surface area contributed by atoms with Crippen LogP contribution in [0.4, 0.5) is 0 Å². The molecule has 2 aromatic rings. The van der Waals surface area contributed by atoms with Crippen molar-refractivity contribution in [3.8, 4) is 0 Å². The van der Waals surface area contributed by atoms with Crippen molar-refractivity contribution in [1.29, 1.82) is 0 Å². The Morgan fingerprint density at radius 2 is 2.33 bits per heavy atom. The summed E-state index contributed by atoms with van der Waals surface area (Å²) in [5, 5.41) is 3.21. The quantitative estimate of drug-likeness (QED) is 0.941. The third kappa shape index (κ3) is 2.23. The maximum absolute atomic E-state index is 12.4. The molecule has 4 nitrogen and oxygen atoms in total. The zero-order chi connectivity index (χ0) is 14.4. The Bertz CT molecular complexity index is 677. The van der Waals surface area contributed by atoms with Crippen LogP contribution in [0.3, 0.4) is 0 Å².